The van der Waals surface area contributed by atoms with Crippen LogP contribution < -0.4 is 4.74 Å². The monoisotopic (exact) mass is 289 g/mol. The van der Waals surface area contributed by atoms with Crippen molar-refractivity contribution in [2.24, 2.45) is 0 Å². The topological polar surface area (TPSA) is 38.8 Å². The quantitative estimate of drug-likeness (QED) is 0.855. The first-order valence-electron chi connectivity index (χ1n) is 7.71. The summed E-state index contributed by atoms with van der Waals surface area (Å²) < 4.78 is 11.2. The Morgan fingerprint density at radius 2 is 1.90 bits per heavy atom. The fraction of sp³-hybridized carbons (Fsp3) is 0.588. The number of fused-ring (bicyclic) bond motifs is 2. The molecule has 2 aliphatic heterocycles. The molecule has 4 heteroatoms. The lowest BCUT2D eigenvalue weighted by Crippen LogP contribution is -2.50. The summed E-state index contributed by atoms with van der Waals surface area (Å²) in [6.45, 7) is 2.13. The first-order chi connectivity index (χ1) is 10.2. The molecule has 4 nitrogen and oxygen atoms in total. The molecule has 2 heterocycles. The summed E-state index contributed by atoms with van der Waals surface area (Å²) in [5, 5.41) is 0. The van der Waals surface area contributed by atoms with Crippen LogP contribution in [0.2, 0.25) is 0 Å². The summed E-state index contributed by atoms with van der Waals surface area (Å²) in [4.78, 5) is 14.5. The number of ether oxygens (including phenoxy) is 2. The number of para-hydroxylation sites is 1. The van der Waals surface area contributed by atoms with Gasteiger partial charge in [-0.05, 0) is 44.2 Å². The molecule has 1 aromatic carbocycles. The zero-order valence-corrected chi connectivity index (χ0v) is 12.7. The maximum Gasteiger partial charge on any atom is 0.261 e. The van der Waals surface area contributed by atoms with Gasteiger partial charge in [0.05, 0.1) is 6.10 Å². The molecule has 3 rings (SSSR count). The van der Waals surface area contributed by atoms with Crippen molar-refractivity contribution in [3.05, 3.63) is 29.8 Å². The molecule has 0 spiro atoms. The predicted octanol–water partition coefficient (Wildman–Crippen LogP) is 2.54. The van der Waals surface area contributed by atoms with E-state index in [9.17, 15) is 4.79 Å². The summed E-state index contributed by atoms with van der Waals surface area (Å²) in [6, 6.07) is 8.48. The van der Waals surface area contributed by atoms with Gasteiger partial charge in [0.2, 0.25) is 0 Å². The van der Waals surface area contributed by atoms with Gasteiger partial charge in [0.15, 0.2) is 6.61 Å². The number of benzene rings is 1. The number of rotatable bonds is 4. The number of carbonyl (C=O) groups is 1. The summed E-state index contributed by atoms with van der Waals surface area (Å²) in [7, 11) is 1.77. The number of piperidine rings is 1. The van der Waals surface area contributed by atoms with Crippen LogP contribution in [-0.4, -0.2) is 42.7 Å². The average molecular weight is 289 g/mol. The molecular formula is C17H23NO3. The minimum Gasteiger partial charge on any atom is -0.484 e. The highest BCUT2D eigenvalue weighted by Crippen LogP contribution is 2.36. The molecule has 0 radical (unpaired) electrons. The minimum atomic E-state index is 0.111. The zero-order valence-electron chi connectivity index (χ0n) is 12.7. The molecule has 2 fully saturated rings. The fourth-order valence-corrected chi connectivity index (χ4v) is 3.66. The number of amides is 1. The van der Waals surface area contributed by atoms with Gasteiger partial charge in [-0.3, -0.25) is 4.79 Å². The number of aryl methyl sites for hydroxylation is 1. The van der Waals surface area contributed by atoms with E-state index >= 15 is 0 Å². The van der Waals surface area contributed by atoms with Gasteiger partial charge in [0.25, 0.3) is 5.91 Å². The van der Waals surface area contributed by atoms with E-state index in [1.165, 1.54) is 0 Å². The van der Waals surface area contributed by atoms with Gasteiger partial charge in [-0.15, -0.1) is 0 Å². The van der Waals surface area contributed by atoms with Crippen LogP contribution in [-0.2, 0) is 9.53 Å². The van der Waals surface area contributed by atoms with E-state index < -0.39 is 0 Å². The van der Waals surface area contributed by atoms with Crippen molar-refractivity contribution in [2.45, 2.75) is 50.8 Å². The van der Waals surface area contributed by atoms with Crippen LogP contribution in [0.25, 0.3) is 0 Å². The lowest BCUT2D eigenvalue weighted by atomic mass is 9.99. The van der Waals surface area contributed by atoms with Gasteiger partial charge in [-0.25, -0.2) is 0 Å². The third-order valence-electron chi connectivity index (χ3n) is 4.76. The molecular weight excluding hydrogens is 266 g/mol. The van der Waals surface area contributed by atoms with Crippen LogP contribution in [0.15, 0.2) is 24.3 Å². The van der Waals surface area contributed by atoms with Gasteiger partial charge >= 0.3 is 0 Å². The molecule has 0 N–H and O–H groups in total. The van der Waals surface area contributed by atoms with Gasteiger partial charge in [-0.1, -0.05) is 18.2 Å². The zero-order chi connectivity index (χ0) is 14.8. The summed E-state index contributed by atoms with van der Waals surface area (Å²) in [6.07, 6.45) is 4.43. The van der Waals surface area contributed by atoms with Crippen molar-refractivity contribution in [2.75, 3.05) is 13.7 Å². The molecule has 2 unspecified atom stereocenters. The standard InChI is InChI=1S/C17H23NO3/c1-12-5-3-4-6-16(12)21-11-17(19)18-13-7-8-14(18)10-15(9-13)20-2/h3-6,13-15H,7-11H2,1-2H3. The van der Waals surface area contributed by atoms with E-state index in [0.29, 0.717) is 18.2 Å². The summed E-state index contributed by atoms with van der Waals surface area (Å²) in [5.41, 5.74) is 1.06. The summed E-state index contributed by atoms with van der Waals surface area (Å²) in [5.74, 6) is 0.908. The van der Waals surface area contributed by atoms with Crippen molar-refractivity contribution in [3.63, 3.8) is 0 Å². The maximum absolute atomic E-state index is 12.5. The molecule has 0 aromatic heterocycles. The largest absolute Gasteiger partial charge is 0.484 e. The Bertz CT molecular complexity index is 503. The smallest absolute Gasteiger partial charge is 0.261 e. The highest BCUT2D eigenvalue weighted by Gasteiger charge is 2.43. The van der Waals surface area contributed by atoms with Crippen LogP contribution in [0.3, 0.4) is 0 Å². The molecule has 1 amide bonds. The van der Waals surface area contributed by atoms with Crippen molar-refractivity contribution >= 4 is 5.91 Å². The molecule has 21 heavy (non-hydrogen) atoms. The second kappa shape index (κ2) is 6.06. The molecule has 2 aliphatic rings. The Morgan fingerprint density at radius 3 is 2.52 bits per heavy atom. The molecule has 2 saturated heterocycles. The molecule has 1 aromatic rings. The van der Waals surface area contributed by atoms with Crippen LogP contribution in [0.4, 0.5) is 0 Å². The third-order valence-corrected chi connectivity index (χ3v) is 4.76. The van der Waals surface area contributed by atoms with Gasteiger partial charge in [0, 0.05) is 19.2 Å². The van der Waals surface area contributed by atoms with Crippen molar-refractivity contribution in [1.82, 2.24) is 4.90 Å². The molecule has 0 saturated carbocycles. The van der Waals surface area contributed by atoms with Crippen LogP contribution >= 0.6 is 0 Å². The van der Waals surface area contributed by atoms with Crippen LogP contribution in [0.5, 0.6) is 5.75 Å². The SMILES string of the molecule is COC1CC2CCC(C1)N2C(=O)COc1ccccc1C. The van der Waals surface area contributed by atoms with Crippen molar-refractivity contribution in [1.29, 1.82) is 0 Å². The van der Waals surface area contributed by atoms with E-state index in [4.69, 9.17) is 9.47 Å². The number of nitrogens with zero attached hydrogens (tertiary/aromatic N) is 1. The third kappa shape index (κ3) is 2.91. The second-order valence-electron chi connectivity index (χ2n) is 6.07. The number of carbonyl (C=O) groups excluding carboxylic acids is 1. The second-order valence-corrected chi connectivity index (χ2v) is 6.07. The fourth-order valence-electron chi connectivity index (χ4n) is 3.66. The summed E-state index contributed by atoms with van der Waals surface area (Å²) >= 11 is 0. The Morgan fingerprint density at radius 1 is 1.24 bits per heavy atom. The van der Waals surface area contributed by atoms with Crippen molar-refractivity contribution in [3.8, 4) is 5.75 Å². The van der Waals surface area contributed by atoms with E-state index in [1.807, 2.05) is 36.1 Å². The number of methoxy groups -OCH3 is 1. The van der Waals surface area contributed by atoms with Crippen molar-refractivity contribution < 1.29 is 14.3 Å². The van der Waals surface area contributed by atoms with E-state index in [0.717, 1.165) is 37.0 Å². The highest BCUT2D eigenvalue weighted by molar-refractivity contribution is 5.79. The molecule has 0 aliphatic carbocycles. The predicted molar refractivity (Wildman–Crippen MR) is 80.4 cm³/mol. The van der Waals surface area contributed by atoms with Crippen LogP contribution in [0.1, 0.15) is 31.2 Å². The number of hydrogen-bond donors (Lipinski definition) is 0. The van der Waals surface area contributed by atoms with Crippen LogP contribution in [0, 0.1) is 6.92 Å². The Kier molecular flexibility index (Phi) is 4.15. The normalized spacial score (nSPS) is 27.7. The van der Waals surface area contributed by atoms with Gasteiger partial charge < -0.3 is 14.4 Å². The maximum atomic E-state index is 12.5. The first-order valence-corrected chi connectivity index (χ1v) is 7.71. The van der Waals surface area contributed by atoms with E-state index in [1.54, 1.807) is 7.11 Å². The average Bonchev–Trinajstić information content (AvgIpc) is 2.76. The Hall–Kier alpha value is -1.55. The molecule has 2 bridgehead atoms. The highest BCUT2D eigenvalue weighted by atomic mass is 16.5. The van der Waals surface area contributed by atoms with E-state index in [2.05, 4.69) is 0 Å². The number of hydrogen-bond acceptors (Lipinski definition) is 3. The first kappa shape index (κ1) is 14.4. The van der Waals surface area contributed by atoms with E-state index in [-0.39, 0.29) is 12.5 Å². The minimum absolute atomic E-state index is 0.111. The van der Waals surface area contributed by atoms with Gasteiger partial charge in [0.1, 0.15) is 5.75 Å². The molecule has 114 valence electrons. The Balaban J connectivity index is 1.60. The molecule has 2 atom stereocenters. The van der Waals surface area contributed by atoms with Gasteiger partial charge in [-0.2, -0.15) is 0 Å². The lowest BCUT2D eigenvalue weighted by Gasteiger charge is -2.38. The Labute approximate surface area is 126 Å². The lowest BCUT2D eigenvalue weighted by molar-refractivity contribution is -0.140.